The average molecular weight is 446 g/mol. The molecule has 0 aliphatic rings. The van der Waals surface area contributed by atoms with Crippen LogP contribution in [-0.4, -0.2) is 32.4 Å². The molecule has 0 saturated carbocycles. The molecule has 0 atom stereocenters. The molecule has 0 aliphatic carbocycles. The predicted molar refractivity (Wildman–Crippen MR) is 93.3 cm³/mol. The average Bonchev–Trinajstić information content (AvgIpc) is 3.02. The Morgan fingerprint density at radius 3 is 2.35 bits per heavy atom. The molecular formula is C18H12F6N4O3. The molecule has 1 amide bonds. The van der Waals surface area contributed by atoms with E-state index in [2.05, 4.69) is 20.4 Å². The quantitative estimate of drug-likeness (QED) is 0.574. The number of carbonyl (C=O) groups is 1. The number of halogens is 6. The van der Waals surface area contributed by atoms with E-state index in [-0.39, 0.29) is 12.2 Å². The first-order valence-corrected chi connectivity index (χ1v) is 8.38. The van der Waals surface area contributed by atoms with Crippen molar-refractivity contribution in [1.29, 1.82) is 0 Å². The molecule has 1 aromatic heterocycles. The molecule has 3 aromatic rings. The maximum Gasteiger partial charge on any atom is 0.573 e. The first-order chi connectivity index (χ1) is 14.4. The summed E-state index contributed by atoms with van der Waals surface area (Å²) in [4.78, 5) is 12.5. The van der Waals surface area contributed by atoms with Gasteiger partial charge in [0.2, 0.25) is 0 Å². The van der Waals surface area contributed by atoms with Gasteiger partial charge in [-0.15, -0.1) is 13.2 Å². The van der Waals surface area contributed by atoms with Crippen LogP contribution in [0.2, 0.25) is 0 Å². The molecule has 2 aromatic carbocycles. The van der Waals surface area contributed by atoms with E-state index in [1.165, 1.54) is 18.2 Å². The molecule has 31 heavy (non-hydrogen) atoms. The third-order valence-electron chi connectivity index (χ3n) is 3.87. The zero-order valence-corrected chi connectivity index (χ0v) is 15.2. The van der Waals surface area contributed by atoms with Crippen LogP contribution in [0, 0.1) is 0 Å². The molecule has 164 valence electrons. The van der Waals surface area contributed by atoms with Gasteiger partial charge in [0.05, 0.1) is 12.1 Å². The highest BCUT2D eigenvalue weighted by molar-refractivity contribution is 6.04. The summed E-state index contributed by atoms with van der Waals surface area (Å²) in [6.45, 7) is -0.175. The van der Waals surface area contributed by atoms with E-state index in [0.29, 0.717) is 11.6 Å². The summed E-state index contributed by atoms with van der Waals surface area (Å²) in [5.74, 6) is -2.22. The van der Waals surface area contributed by atoms with E-state index >= 15 is 0 Å². The van der Waals surface area contributed by atoms with Gasteiger partial charge in [-0.1, -0.05) is 28.5 Å². The Kier molecular flexibility index (Phi) is 5.77. The number of aromatic hydroxyl groups is 1. The summed E-state index contributed by atoms with van der Waals surface area (Å²) in [7, 11) is 0. The summed E-state index contributed by atoms with van der Waals surface area (Å²) in [5.41, 5.74) is -1.23. The minimum atomic E-state index is -4.85. The standard InChI is InChI=1S/C18H12F6N4O3/c19-17(20,21)11-2-1-3-12(8-11)25-15(29)14-16(30)26-27-28(14)9-10-4-6-13(7-5-10)31-18(22,23)24/h1-8,30H,9H2,(H,25,29). The van der Waals surface area contributed by atoms with Crippen molar-refractivity contribution >= 4 is 11.6 Å². The van der Waals surface area contributed by atoms with E-state index in [1.54, 1.807) is 0 Å². The monoisotopic (exact) mass is 446 g/mol. The van der Waals surface area contributed by atoms with Crippen LogP contribution in [0.3, 0.4) is 0 Å². The molecule has 0 aliphatic heterocycles. The van der Waals surface area contributed by atoms with Gasteiger partial charge in [0.1, 0.15) is 5.75 Å². The van der Waals surface area contributed by atoms with E-state index in [0.717, 1.165) is 28.9 Å². The van der Waals surface area contributed by atoms with E-state index in [9.17, 15) is 36.2 Å². The molecule has 0 spiro atoms. The highest BCUT2D eigenvalue weighted by Crippen LogP contribution is 2.31. The van der Waals surface area contributed by atoms with Crippen molar-refractivity contribution in [3.8, 4) is 11.6 Å². The fraction of sp³-hybridized carbons (Fsp3) is 0.167. The fourth-order valence-electron chi connectivity index (χ4n) is 2.57. The van der Waals surface area contributed by atoms with Crippen LogP contribution in [0.4, 0.5) is 32.0 Å². The van der Waals surface area contributed by atoms with Crippen molar-refractivity contribution in [3.63, 3.8) is 0 Å². The van der Waals surface area contributed by atoms with Gasteiger partial charge in [-0.25, -0.2) is 4.68 Å². The Balaban J connectivity index is 1.77. The SMILES string of the molecule is O=C(Nc1cccc(C(F)(F)F)c1)c1c(O)nnn1Cc1ccc(OC(F)(F)F)cc1. The number of nitrogens with one attached hydrogen (secondary N) is 1. The fourth-order valence-corrected chi connectivity index (χ4v) is 2.57. The number of anilines is 1. The Hall–Kier alpha value is -3.77. The van der Waals surface area contributed by atoms with Crippen LogP contribution >= 0.6 is 0 Å². The zero-order chi connectivity index (χ0) is 22.8. The number of amides is 1. The van der Waals surface area contributed by atoms with E-state index in [4.69, 9.17) is 0 Å². The van der Waals surface area contributed by atoms with Gasteiger partial charge in [-0.05, 0) is 35.9 Å². The Morgan fingerprint density at radius 2 is 1.74 bits per heavy atom. The van der Waals surface area contributed by atoms with Crippen molar-refractivity contribution in [2.24, 2.45) is 0 Å². The number of alkyl halides is 6. The summed E-state index contributed by atoms with van der Waals surface area (Å²) in [6, 6.07) is 8.48. The number of nitrogens with zero attached hydrogens (tertiary/aromatic N) is 3. The number of hydrogen-bond donors (Lipinski definition) is 2. The maximum absolute atomic E-state index is 12.8. The van der Waals surface area contributed by atoms with Crippen molar-refractivity contribution in [2.75, 3.05) is 5.32 Å². The van der Waals surface area contributed by atoms with Crippen LogP contribution < -0.4 is 10.1 Å². The molecule has 7 nitrogen and oxygen atoms in total. The highest BCUT2D eigenvalue weighted by atomic mass is 19.4. The number of aromatic nitrogens is 3. The molecule has 2 N–H and O–H groups in total. The number of carbonyl (C=O) groups excluding carboxylic acids is 1. The van der Waals surface area contributed by atoms with Gasteiger partial charge in [-0.3, -0.25) is 4.79 Å². The van der Waals surface area contributed by atoms with Gasteiger partial charge in [0, 0.05) is 5.69 Å². The smallest absolute Gasteiger partial charge is 0.491 e. The second-order valence-corrected chi connectivity index (χ2v) is 6.14. The molecule has 0 fully saturated rings. The largest absolute Gasteiger partial charge is 0.573 e. The lowest BCUT2D eigenvalue weighted by Crippen LogP contribution is -2.19. The van der Waals surface area contributed by atoms with Crippen LogP contribution in [-0.2, 0) is 12.7 Å². The first kappa shape index (κ1) is 21.9. The summed E-state index contributed by atoms with van der Waals surface area (Å²) in [6.07, 6.45) is -9.47. The van der Waals surface area contributed by atoms with Crippen molar-refractivity contribution in [1.82, 2.24) is 15.0 Å². The Labute approximate surface area is 169 Å². The van der Waals surface area contributed by atoms with Crippen LogP contribution in [0.5, 0.6) is 11.6 Å². The molecule has 0 radical (unpaired) electrons. The molecule has 3 rings (SSSR count). The lowest BCUT2D eigenvalue weighted by Gasteiger charge is -2.11. The molecule has 0 saturated heterocycles. The second kappa shape index (κ2) is 8.16. The normalized spacial score (nSPS) is 11.9. The number of benzene rings is 2. The molecule has 1 heterocycles. The van der Waals surface area contributed by atoms with Crippen LogP contribution in [0.15, 0.2) is 48.5 Å². The Bertz CT molecular complexity index is 1080. The summed E-state index contributed by atoms with van der Waals surface area (Å²) >= 11 is 0. The van der Waals surface area contributed by atoms with Gasteiger partial charge in [0.25, 0.3) is 11.8 Å². The Morgan fingerprint density at radius 1 is 1.06 bits per heavy atom. The van der Waals surface area contributed by atoms with Gasteiger partial charge in [-0.2, -0.15) is 13.2 Å². The molecule has 0 bridgehead atoms. The van der Waals surface area contributed by atoms with Crippen molar-refractivity contribution in [2.45, 2.75) is 19.1 Å². The molecule has 13 heteroatoms. The maximum atomic E-state index is 12.8. The summed E-state index contributed by atoms with van der Waals surface area (Å²) in [5, 5.41) is 19.0. The highest BCUT2D eigenvalue weighted by Gasteiger charge is 2.31. The first-order valence-electron chi connectivity index (χ1n) is 8.38. The van der Waals surface area contributed by atoms with E-state index < -0.39 is 41.3 Å². The number of hydrogen-bond acceptors (Lipinski definition) is 5. The van der Waals surface area contributed by atoms with Crippen LogP contribution in [0.1, 0.15) is 21.6 Å². The number of ether oxygens (including phenoxy) is 1. The van der Waals surface area contributed by atoms with Gasteiger partial charge in [0.15, 0.2) is 5.69 Å². The molecule has 0 unspecified atom stereocenters. The van der Waals surface area contributed by atoms with Crippen molar-refractivity contribution < 1.29 is 41.0 Å². The van der Waals surface area contributed by atoms with Crippen molar-refractivity contribution in [3.05, 3.63) is 65.4 Å². The van der Waals surface area contributed by atoms with Crippen LogP contribution in [0.25, 0.3) is 0 Å². The third kappa shape index (κ3) is 5.65. The second-order valence-electron chi connectivity index (χ2n) is 6.14. The summed E-state index contributed by atoms with van der Waals surface area (Å²) < 4.78 is 79.8. The zero-order valence-electron chi connectivity index (χ0n) is 15.2. The lowest BCUT2D eigenvalue weighted by molar-refractivity contribution is -0.274. The lowest BCUT2D eigenvalue weighted by atomic mass is 10.2. The minimum absolute atomic E-state index is 0.175. The predicted octanol–water partition coefficient (Wildman–Crippen LogP) is 4.20. The van der Waals surface area contributed by atoms with E-state index in [1.807, 2.05) is 0 Å². The molecular weight excluding hydrogens is 434 g/mol. The van der Waals surface area contributed by atoms with Gasteiger partial charge >= 0.3 is 12.5 Å². The minimum Gasteiger partial charge on any atom is -0.491 e. The topological polar surface area (TPSA) is 89.3 Å². The van der Waals surface area contributed by atoms with Gasteiger partial charge < -0.3 is 15.2 Å². The third-order valence-corrected chi connectivity index (χ3v) is 3.87. The number of rotatable bonds is 5.